The Morgan fingerprint density at radius 2 is 1.94 bits per heavy atom. The van der Waals surface area contributed by atoms with E-state index in [-0.39, 0.29) is 11.1 Å². The van der Waals surface area contributed by atoms with Crippen molar-refractivity contribution >= 4 is 10.0 Å². The molecule has 2 fully saturated rings. The van der Waals surface area contributed by atoms with Crippen molar-refractivity contribution in [2.24, 2.45) is 11.8 Å². The monoisotopic (exact) mass is 241 g/mol. The minimum Gasteiger partial charge on any atom is -0.266 e. The van der Waals surface area contributed by atoms with Gasteiger partial charge >= 0.3 is 0 Å². The zero-order chi connectivity index (χ0) is 11.2. The van der Waals surface area contributed by atoms with Crippen molar-refractivity contribution in [3.63, 3.8) is 0 Å². The molecule has 6 heteroatoms. The molecule has 2 aliphatic carbocycles. The van der Waals surface area contributed by atoms with E-state index in [0.29, 0.717) is 11.8 Å². The molecule has 0 aromatic carbocycles. The molecule has 1 aromatic heterocycles. The summed E-state index contributed by atoms with van der Waals surface area (Å²) in [6, 6.07) is 1.63. The van der Waals surface area contributed by atoms with Gasteiger partial charge in [0.15, 0.2) is 5.03 Å². The molecule has 2 aliphatic rings. The minimum atomic E-state index is -3.39. The number of nitrogens with one attached hydrogen (secondary N) is 2. The highest BCUT2D eigenvalue weighted by atomic mass is 32.2. The fourth-order valence-electron chi connectivity index (χ4n) is 2.12. The molecule has 0 aliphatic heterocycles. The Kier molecular flexibility index (Phi) is 2.29. The second-order valence-corrected chi connectivity index (χ2v) is 6.43. The van der Waals surface area contributed by atoms with E-state index in [2.05, 4.69) is 14.9 Å². The third-order valence-electron chi connectivity index (χ3n) is 3.32. The van der Waals surface area contributed by atoms with Gasteiger partial charge in [-0.15, -0.1) is 0 Å². The average molecular weight is 241 g/mol. The topological polar surface area (TPSA) is 74.8 Å². The second kappa shape index (κ2) is 3.56. The Balaban J connectivity index is 1.77. The number of nitrogens with zero attached hydrogens (tertiary/aromatic N) is 1. The highest BCUT2D eigenvalue weighted by Crippen LogP contribution is 2.44. The van der Waals surface area contributed by atoms with Gasteiger partial charge in [0.2, 0.25) is 0 Å². The maximum Gasteiger partial charge on any atom is 0.257 e. The van der Waals surface area contributed by atoms with Gasteiger partial charge in [0, 0.05) is 6.04 Å². The van der Waals surface area contributed by atoms with E-state index in [1.165, 1.54) is 12.3 Å². The molecule has 2 saturated carbocycles. The van der Waals surface area contributed by atoms with E-state index in [4.69, 9.17) is 0 Å². The van der Waals surface area contributed by atoms with Crippen LogP contribution in [0.4, 0.5) is 0 Å². The Bertz CT molecular complexity index is 448. The van der Waals surface area contributed by atoms with Crippen molar-refractivity contribution in [1.82, 2.24) is 14.9 Å². The number of hydrogen-bond donors (Lipinski definition) is 2. The third-order valence-corrected chi connectivity index (χ3v) is 4.70. The molecule has 0 saturated heterocycles. The number of H-pyrrole nitrogens is 1. The largest absolute Gasteiger partial charge is 0.266 e. The van der Waals surface area contributed by atoms with Crippen LogP contribution in [-0.4, -0.2) is 24.7 Å². The molecule has 0 radical (unpaired) electrons. The molecule has 0 amide bonds. The maximum absolute atomic E-state index is 12.0. The molecule has 0 spiro atoms. The Labute approximate surface area is 94.7 Å². The van der Waals surface area contributed by atoms with Crippen LogP contribution in [0.25, 0.3) is 0 Å². The Hall–Kier alpha value is -0.880. The molecule has 0 bridgehead atoms. The first kappa shape index (κ1) is 10.3. The maximum atomic E-state index is 12.0. The predicted molar refractivity (Wildman–Crippen MR) is 58.1 cm³/mol. The molecular formula is C10H15N3O2S. The Morgan fingerprint density at radius 3 is 2.38 bits per heavy atom. The average Bonchev–Trinajstić information content (AvgIpc) is 3.15. The van der Waals surface area contributed by atoms with Crippen LogP contribution in [0.15, 0.2) is 17.3 Å². The SMILES string of the molecule is O=S(=O)(NC(C1CC1)C1CC1)c1ccn[nH]1. The van der Waals surface area contributed by atoms with Crippen LogP contribution in [0.1, 0.15) is 25.7 Å². The molecule has 3 rings (SSSR count). The van der Waals surface area contributed by atoms with Gasteiger partial charge in [-0.3, -0.25) is 5.10 Å². The number of sulfonamides is 1. The first-order valence-corrected chi connectivity index (χ1v) is 7.17. The van der Waals surface area contributed by atoms with E-state index >= 15 is 0 Å². The van der Waals surface area contributed by atoms with Gasteiger partial charge < -0.3 is 0 Å². The molecule has 1 aromatic rings. The third kappa shape index (κ3) is 1.99. The van der Waals surface area contributed by atoms with Gasteiger partial charge in [0.1, 0.15) is 0 Å². The summed E-state index contributed by atoms with van der Waals surface area (Å²) < 4.78 is 26.8. The van der Waals surface area contributed by atoms with Crippen LogP contribution in [0.2, 0.25) is 0 Å². The highest BCUT2D eigenvalue weighted by molar-refractivity contribution is 7.89. The number of hydrogen-bond acceptors (Lipinski definition) is 3. The van der Waals surface area contributed by atoms with Gasteiger partial charge in [-0.2, -0.15) is 5.10 Å². The van der Waals surface area contributed by atoms with Gasteiger partial charge in [0.25, 0.3) is 10.0 Å². The summed E-state index contributed by atoms with van der Waals surface area (Å²) >= 11 is 0. The smallest absolute Gasteiger partial charge is 0.257 e. The first-order valence-electron chi connectivity index (χ1n) is 5.68. The van der Waals surface area contributed by atoms with Crippen LogP contribution in [0.3, 0.4) is 0 Å². The lowest BCUT2D eigenvalue weighted by molar-refractivity contribution is 0.470. The molecule has 1 heterocycles. The summed E-state index contributed by atoms with van der Waals surface area (Å²) in [6.07, 6.45) is 6.09. The summed E-state index contributed by atoms with van der Waals surface area (Å²) in [4.78, 5) is 0. The molecule has 0 atom stereocenters. The van der Waals surface area contributed by atoms with Gasteiger partial charge in [-0.1, -0.05) is 0 Å². The zero-order valence-corrected chi connectivity index (χ0v) is 9.70. The number of rotatable bonds is 5. The predicted octanol–water partition coefficient (Wildman–Crippen LogP) is 0.877. The minimum absolute atomic E-state index is 0.147. The fraction of sp³-hybridized carbons (Fsp3) is 0.700. The lowest BCUT2D eigenvalue weighted by atomic mass is 10.1. The summed E-state index contributed by atoms with van der Waals surface area (Å²) in [5, 5.41) is 6.34. The Morgan fingerprint density at radius 1 is 1.31 bits per heavy atom. The van der Waals surface area contributed by atoms with E-state index in [0.717, 1.165) is 25.7 Å². The zero-order valence-electron chi connectivity index (χ0n) is 8.89. The number of aromatic nitrogens is 2. The van der Waals surface area contributed by atoms with E-state index in [1.807, 2.05) is 0 Å². The molecule has 16 heavy (non-hydrogen) atoms. The van der Waals surface area contributed by atoms with Crippen LogP contribution < -0.4 is 4.72 Å². The van der Waals surface area contributed by atoms with Gasteiger partial charge in [-0.05, 0) is 43.6 Å². The second-order valence-electron chi connectivity index (χ2n) is 4.74. The van der Waals surface area contributed by atoms with Crippen molar-refractivity contribution in [2.45, 2.75) is 36.8 Å². The lowest BCUT2D eigenvalue weighted by Gasteiger charge is -2.16. The van der Waals surface area contributed by atoms with Crippen LogP contribution in [0, 0.1) is 11.8 Å². The fourth-order valence-corrected chi connectivity index (χ4v) is 3.41. The molecule has 88 valence electrons. The molecule has 2 N–H and O–H groups in total. The summed E-state index contributed by atoms with van der Waals surface area (Å²) in [5.74, 6) is 1.12. The highest BCUT2D eigenvalue weighted by Gasteiger charge is 2.43. The lowest BCUT2D eigenvalue weighted by Crippen LogP contribution is -2.38. The quantitative estimate of drug-likeness (QED) is 0.803. The van der Waals surface area contributed by atoms with Crippen molar-refractivity contribution in [3.8, 4) is 0 Å². The molecule has 0 unspecified atom stereocenters. The van der Waals surface area contributed by atoms with E-state index < -0.39 is 10.0 Å². The van der Waals surface area contributed by atoms with E-state index in [9.17, 15) is 8.42 Å². The summed E-state index contributed by atoms with van der Waals surface area (Å²) in [7, 11) is -3.39. The van der Waals surface area contributed by atoms with Crippen LogP contribution in [0.5, 0.6) is 0 Å². The van der Waals surface area contributed by atoms with Crippen molar-refractivity contribution in [1.29, 1.82) is 0 Å². The standard InChI is InChI=1S/C10H15N3O2S/c14-16(15,9-5-6-11-12-9)13-10(7-1-2-7)8-3-4-8/h5-8,10,13H,1-4H2,(H,11,12). The van der Waals surface area contributed by atoms with Crippen molar-refractivity contribution in [2.75, 3.05) is 0 Å². The number of aromatic amines is 1. The summed E-state index contributed by atoms with van der Waals surface area (Å²) in [6.45, 7) is 0. The van der Waals surface area contributed by atoms with Crippen LogP contribution >= 0.6 is 0 Å². The molecule has 5 nitrogen and oxygen atoms in total. The van der Waals surface area contributed by atoms with Crippen molar-refractivity contribution < 1.29 is 8.42 Å². The van der Waals surface area contributed by atoms with Crippen LogP contribution in [-0.2, 0) is 10.0 Å². The van der Waals surface area contributed by atoms with Crippen molar-refractivity contribution in [3.05, 3.63) is 12.3 Å². The first-order chi connectivity index (χ1) is 7.67. The molecular weight excluding hydrogens is 226 g/mol. The summed E-state index contributed by atoms with van der Waals surface area (Å²) in [5.41, 5.74) is 0. The van der Waals surface area contributed by atoms with Gasteiger partial charge in [-0.25, -0.2) is 13.1 Å². The normalized spacial score (nSPS) is 21.6. The van der Waals surface area contributed by atoms with E-state index in [1.54, 1.807) is 0 Å². The van der Waals surface area contributed by atoms with Gasteiger partial charge in [0.05, 0.1) is 6.20 Å².